The number of halogens is 1. The molecule has 0 aliphatic rings. The summed E-state index contributed by atoms with van der Waals surface area (Å²) in [6.45, 7) is 1.22. The van der Waals surface area contributed by atoms with E-state index in [1.165, 1.54) is 25.1 Å². The van der Waals surface area contributed by atoms with Crippen molar-refractivity contribution in [3.8, 4) is 0 Å². The molecule has 0 radical (unpaired) electrons. The Bertz CT molecular complexity index is 787. The van der Waals surface area contributed by atoms with Crippen LogP contribution in [0.1, 0.15) is 15.9 Å². The zero-order valence-electron chi connectivity index (χ0n) is 11.8. The molecule has 0 unspecified atom stereocenters. The third kappa shape index (κ3) is 3.28. The Balaban J connectivity index is 2.46. The lowest BCUT2D eigenvalue weighted by molar-refractivity contribution is -0.395. The minimum Gasteiger partial charge on any atom is -0.319 e. The lowest BCUT2D eigenvalue weighted by Crippen LogP contribution is -2.14. The number of nitro groups is 2. The van der Waals surface area contributed by atoms with Gasteiger partial charge < -0.3 is 5.32 Å². The van der Waals surface area contributed by atoms with Crippen molar-refractivity contribution in [2.24, 2.45) is 0 Å². The molecule has 2 rings (SSSR count). The van der Waals surface area contributed by atoms with Crippen molar-refractivity contribution in [2.75, 3.05) is 5.32 Å². The number of amides is 1. The molecular weight excluding hydrogens is 309 g/mol. The molecule has 1 amide bonds. The number of benzene rings is 2. The van der Waals surface area contributed by atoms with Crippen LogP contribution >= 0.6 is 0 Å². The molecule has 118 valence electrons. The molecule has 0 aliphatic heterocycles. The highest BCUT2D eigenvalue weighted by atomic mass is 19.1. The van der Waals surface area contributed by atoms with Gasteiger partial charge in [0.25, 0.3) is 17.3 Å². The number of carbonyl (C=O) groups excluding carboxylic acids is 1. The second-order valence-corrected chi connectivity index (χ2v) is 4.59. The van der Waals surface area contributed by atoms with E-state index in [0.29, 0.717) is 0 Å². The van der Waals surface area contributed by atoms with E-state index in [1.54, 1.807) is 0 Å². The summed E-state index contributed by atoms with van der Waals surface area (Å²) in [5, 5.41) is 24.2. The SMILES string of the molecule is Cc1c([N+](=O)[O-])cc(C(=O)Nc2ccccc2F)cc1[N+](=O)[O-]. The summed E-state index contributed by atoms with van der Waals surface area (Å²) in [6.07, 6.45) is 0. The van der Waals surface area contributed by atoms with Gasteiger partial charge in [0.2, 0.25) is 0 Å². The average molecular weight is 319 g/mol. The fourth-order valence-electron chi connectivity index (χ4n) is 1.95. The van der Waals surface area contributed by atoms with Crippen molar-refractivity contribution in [2.45, 2.75) is 6.92 Å². The Morgan fingerprint density at radius 2 is 1.61 bits per heavy atom. The first kappa shape index (κ1) is 16.0. The van der Waals surface area contributed by atoms with Crippen molar-refractivity contribution in [1.29, 1.82) is 0 Å². The first-order valence-electron chi connectivity index (χ1n) is 6.30. The largest absolute Gasteiger partial charge is 0.319 e. The quantitative estimate of drug-likeness (QED) is 0.686. The normalized spacial score (nSPS) is 10.2. The van der Waals surface area contributed by atoms with E-state index in [-0.39, 0.29) is 16.8 Å². The molecule has 0 atom stereocenters. The molecular formula is C14H10FN3O5. The fraction of sp³-hybridized carbons (Fsp3) is 0.0714. The molecule has 0 saturated carbocycles. The number of hydrogen-bond acceptors (Lipinski definition) is 5. The number of nitrogens with one attached hydrogen (secondary N) is 1. The van der Waals surface area contributed by atoms with Crippen LogP contribution in [0, 0.1) is 33.0 Å². The number of hydrogen-bond donors (Lipinski definition) is 1. The van der Waals surface area contributed by atoms with E-state index in [2.05, 4.69) is 5.32 Å². The number of carbonyl (C=O) groups is 1. The van der Waals surface area contributed by atoms with Crippen LogP contribution in [-0.2, 0) is 0 Å². The van der Waals surface area contributed by atoms with Gasteiger partial charge in [-0.2, -0.15) is 0 Å². The predicted octanol–water partition coefficient (Wildman–Crippen LogP) is 3.20. The van der Waals surface area contributed by atoms with E-state index >= 15 is 0 Å². The molecule has 0 spiro atoms. The van der Waals surface area contributed by atoms with Crippen molar-refractivity contribution in [3.63, 3.8) is 0 Å². The molecule has 0 aliphatic carbocycles. The summed E-state index contributed by atoms with van der Waals surface area (Å²) in [4.78, 5) is 32.4. The fourth-order valence-corrected chi connectivity index (χ4v) is 1.95. The maximum atomic E-state index is 13.5. The van der Waals surface area contributed by atoms with Gasteiger partial charge in [0.15, 0.2) is 0 Å². The van der Waals surface area contributed by atoms with Gasteiger partial charge in [-0.15, -0.1) is 0 Å². The van der Waals surface area contributed by atoms with E-state index in [0.717, 1.165) is 18.2 Å². The van der Waals surface area contributed by atoms with Crippen LogP contribution in [0.15, 0.2) is 36.4 Å². The summed E-state index contributed by atoms with van der Waals surface area (Å²) in [6, 6.07) is 7.15. The van der Waals surface area contributed by atoms with Crippen LogP contribution in [0.25, 0.3) is 0 Å². The standard InChI is InChI=1S/C14H10FN3O5/c1-8-12(17(20)21)6-9(7-13(8)18(22)23)14(19)16-11-5-3-2-4-10(11)15/h2-7H,1H3,(H,16,19). The van der Waals surface area contributed by atoms with Gasteiger partial charge in [0, 0.05) is 12.1 Å². The molecule has 2 aromatic rings. The monoisotopic (exact) mass is 319 g/mol. The van der Waals surface area contributed by atoms with E-state index < -0.39 is 32.9 Å². The highest BCUT2D eigenvalue weighted by molar-refractivity contribution is 6.05. The number of nitrogens with zero attached hydrogens (tertiary/aromatic N) is 2. The van der Waals surface area contributed by atoms with Gasteiger partial charge in [-0.1, -0.05) is 12.1 Å². The highest BCUT2D eigenvalue weighted by Crippen LogP contribution is 2.29. The van der Waals surface area contributed by atoms with Crippen molar-refractivity contribution < 1.29 is 19.0 Å². The number of para-hydroxylation sites is 1. The van der Waals surface area contributed by atoms with Gasteiger partial charge in [-0.3, -0.25) is 25.0 Å². The maximum absolute atomic E-state index is 13.5. The Morgan fingerprint density at radius 3 is 2.09 bits per heavy atom. The number of nitro benzene ring substituents is 2. The first-order valence-corrected chi connectivity index (χ1v) is 6.30. The molecule has 0 saturated heterocycles. The van der Waals surface area contributed by atoms with Crippen LogP contribution in [0.2, 0.25) is 0 Å². The summed E-state index contributed by atoms with van der Waals surface area (Å²) in [5.74, 6) is -1.58. The van der Waals surface area contributed by atoms with Crippen LogP contribution in [0.3, 0.4) is 0 Å². The molecule has 0 bridgehead atoms. The zero-order chi connectivity index (χ0) is 17.1. The summed E-state index contributed by atoms with van der Waals surface area (Å²) in [5.41, 5.74) is -1.72. The third-order valence-electron chi connectivity index (χ3n) is 3.13. The Morgan fingerprint density at radius 1 is 1.09 bits per heavy atom. The zero-order valence-corrected chi connectivity index (χ0v) is 11.8. The average Bonchev–Trinajstić information content (AvgIpc) is 2.49. The first-order chi connectivity index (χ1) is 10.8. The van der Waals surface area contributed by atoms with Gasteiger partial charge in [0.1, 0.15) is 11.4 Å². The van der Waals surface area contributed by atoms with Crippen LogP contribution in [0.4, 0.5) is 21.5 Å². The predicted molar refractivity (Wildman–Crippen MR) is 78.8 cm³/mol. The molecule has 9 heteroatoms. The minimum absolute atomic E-state index is 0.136. The molecule has 2 aromatic carbocycles. The Kier molecular flexibility index (Phi) is 4.30. The summed E-state index contributed by atoms with van der Waals surface area (Å²) >= 11 is 0. The van der Waals surface area contributed by atoms with Gasteiger partial charge in [-0.05, 0) is 19.1 Å². The second-order valence-electron chi connectivity index (χ2n) is 4.59. The summed E-state index contributed by atoms with van der Waals surface area (Å²) in [7, 11) is 0. The number of anilines is 1. The van der Waals surface area contributed by atoms with Gasteiger partial charge >= 0.3 is 0 Å². The molecule has 0 fully saturated rings. The van der Waals surface area contributed by atoms with Crippen molar-refractivity contribution >= 4 is 23.0 Å². The van der Waals surface area contributed by atoms with Crippen molar-refractivity contribution in [3.05, 3.63) is 73.6 Å². The smallest absolute Gasteiger partial charge is 0.279 e. The molecule has 0 aromatic heterocycles. The lowest BCUT2D eigenvalue weighted by atomic mass is 10.1. The van der Waals surface area contributed by atoms with Crippen LogP contribution in [-0.4, -0.2) is 15.8 Å². The maximum Gasteiger partial charge on any atom is 0.279 e. The van der Waals surface area contributed by atoms with E-state index in [4.69, 9.17) is 0 Å². The van der Waals surface area contributed by atoms with E-state index in [1.807, 2.05) is 0 Å². The third-order valence-corrected chi connectivity index (χ3v) is 3.13. The second kappa shape index (κ2) is 6.18. The molecule has 23 heavy (non-hydrogen) atoms. The van der Waals surface area contributed by atoms with E-state index in [9.17, 15) is 29.4 Å². The Hall–Kier alpha value is -3.36. The van der Waals surface area contributed by atoms with Gasteiger partial charge in [0.05, 0.1) is 21.1 Å². The van der Waals surface area contributed by atoms with Crippen LogP contribution in [0.5, 0.6) is 0 Å². The lowest BCUT2D eigenvalue weighted by Gasteiger charge is -2.07. The topological polar surface area (TPSA) is 115 Å². The molecule has 0 heterocycles. The van der Waals surface area contributed by atoms with Crippen molar-refractivity contribution in [1.82, 2.24) is 0 Å². The Labute approximate surface area is 128 Å². The van der Waals surface area contributed by atoms with Gasteiger partial charge in [-0.25, -0.2) is 4.39 Å². The van der Waals surface area contributed by atoms with Crippen LogP contribution < -0.4 is 5.32 Å². The number of rotatable bonds is 4. The molecule has 8 nitrogen and oxygen atoms in total. The summed E-state index contributed by atoms with van der Waals surface area (Å²) < 4.78 is 13.5. The minimum atomic E-state index is -0.888. The highest BCUT2D eigenvalue weighted by Gasteiger charge is 2.25. The molecule has 1 N–H and O–H groups in total.